The highest BCUT2D eigenvalue weighted by molar-refractivity contribution is 9.15. The number of fused-ring (bicyclic) bond motifs is 1. The molecule has 0 unspecified atom stereocenters. The molecule has 0 N–H and O–H groups in total. The highest BCUT2D eigenvalue weighted by Gasteiger charge is 2.18. The van der Waals surface area contributed by atoms with Gasteiger partial charge < -0.3 is 4.42 Å². The summed E-state index contributed by atoms with van der Waals surface area (Å²) in [6.07, 6.45) is 0. The van der Waals surface area contributed by atoms with Gasteiger partial charge in [-0.25, -0.2) is 0 Å². The molecule has 0 aliphatic carbocycles. The lowest BCUT2D eigenvalue weighted by Gasteiger charge is -2.02. The second kappa shape index (κ2) is 4.05. The largest absolute Gasteiger partial charge is 0.426 e. The molecule has 74 valence electrons. The molecule has 14 heavy (non-hydrogen) atoms. The van der Waals surface area contributed by atoms with Crippen LogP contribution in [-0.2, 0) is 0 Å². The van der Waals surface area contributed by atoms with Gasteiger partial charge in [0.1, 0.15) is 5.52 Å². The Labute approximate surface area is 118 Å². The van der Waals surface area contributed by atoms with E-state index in [1.807, 2.05) is 0 Å². The molecule has 0 fully saturated rings. The fraction of sp³-hybridized carbons (Fsp3) is 0. The Morgan fingerprint density at radius 3 is 2.14 bits per heavy atom. The quantitative estimate of drug-likeness (QED) is 0.375. The highest BCUT2D eigenvalue weighted by Crippen LogP contribution is 2.43. The summed E-state index contributed by atoms with van der Waals surface area (Å²) in [4.78, 5) is 4.05. The van der Waals surface area contributed by atoms with Crippen molar-refractivity contribution in [2.24, 2.45) is 0 Å². The van der Waals surface area contributed by atoms with Crippen LogP contribution >= 0.6 is 75.3 Å². The predicted molar refractivity (Wildman–Crippen MR) is 69.8 cm³/mol. The zero-order chi connectivity index (χ0) is 10.5. The zero-order valence-corrected chi connectivity index (χ0v) is 13.3. The maximum atomic E-state index is 5.68. The van der Waals surface area contributed by atoms with Gasteiger partial charge in [0.05, 0.1) is 13.4 Å². The molecule has 2 rings (SSSR count). The third-order valence-electron chi connectivity index (χ3n) is 1.59. The molecule has 0 saturated heterocycles. The molecule has 2 nitrogen and oxygen atoms in total. The van der Waals surface area contributed by atoms with E-state index in [0.717, 1.165) is 17.9 Å². The molecule has 0 aliphatic heterocycles. The van der Waals surface area contributed by atoms with Gasteiger partial charge in [0, 0.05) is 4.47 Å². The highest BCUT2D eigenvalue weighted by atomic mass is 79.9. The van der Waals surface area contributed by atoms with Crippen molar-refractivity contribution >= 4 is 86.4 Å². The maximum Gasteiger partial charge on any atom is 0.293 e. The van der Waals surface area contributed by atoms with E-state index in [4.69, 9.17) is 16.0 Å². The van der Waals surface area contributed by atoms with Gasteiger partial charge in [0.25, 0.3) is 5.35 Å². The fourth-order valence-electron chi connectivity index (χ4n) is 0.988. The third-order valence-corrected chi connectivity index (χ3v) is 6.46. The van der Waals surface area contributed by atoms with Crippen molar-refractivity contribution in [1.82, 2.24) is 4.98 Å². The van der Waals surface area contributed by atoms with Crippen LogP contribution < -0.4 is 0 Å². The van der Waals surface area contributed by atoms with Crippen molar-refractivity contribution in [3.8, 4) is 0 Å². The van der Waals surface area contributed by atoms with Gasteiger partial charge in [-0.05, 0) is 75.3 Å². The molecule has 0 bridgehead atoms. The van der Waals surface area contributed by atoms with Gasteiger partial charge in [-0.15, -0.1) is 0 Å². The second-order valence-corrected chi connectivity index (χ2v) is 5.90. The van der Waals surface area contributed by atoms with E-state index in [9.17, 15) is 0 Å². The first-order valence-electron chi connectivity index (χ1n) is 3.30. The molecular weight excluding hydrogens is 469 g/mol. The maximum absolute atomic E-state index is 5.68. The average Bonchev–Trinajstić information content (AvgIpc) is 2.54. The van der Waals surface area contributed by atoms with Gasteiger partial charge >= 0.3 is 0 Å². The van der Waals surface area contributed by atoms with Crippen molar-refractivity contribution in [2.45, 2.75) is 0 Å². The SMILES string of the molecule is Clc1nc2c(Br)c(Br)c(Br)c(Br)c2o1. The minimum absolute atomic E-state index is 0.117. The van der Waals surface area contributed by atoms with E-state index in [2.05, 4.69) is 68.7 Å². The van der Waals surface area contributed by atoms with Gasteiger partial charge in [0.2, 0.25) is 0 Å². The number of rotatable bonds is 0. The monoisotopic (exact) mass is 465 g/mol. The molecular formula is C7Br4ClNO. The molecule has 0 atom stereocenters. The smallest absolute Gasteiger partial charge is 0.293 e. The van der Waals surface area contributed by atoms with Crippen LogP contribution in [0.2, 0.25) is 5.35 Å². The standard InChI is InChI=1S/C7Br4ClNO/c8-1-2(9)4(11)6-5(3(1)10)13-7(12)14-6. The molecule has 1 heterocycles. The lowest BCUT2D eigenvalue weighted by Crippen LogP contribution is -1.79. The molecule has 0 aliphatic rings. The average molecular weight is 469 g/mol. The van der Waals surface area contributed by atoms with Crippen molar-refractivity contribution in [3.63, 3.8) is 0 Å². The summed E-state index contributed by atoms with van der Waals surface area (Å²) in [5, 5.41) is 0.117. The molecule has 0 saturated carbocycles. The Bertz CT molecular complexity index is 479. The summed E-state index contributed by atoms with van der Waals surface area (Å²) in [5.74, 6) is 0. The van der Waals surface area contributed by atoms with Crippen LogP contribution in [0.4, 0.5) is 0 Å². The summed E-state index contributed by atoms with van der Waals surface area (Å²) in [5.41, 5.74) is 1.29. The lowest BCUT2D eigenvalue weighted by atomic mass is 10.3. The molecule has 7 heteroatoms. The predicted octanol–water partition coefficient (Wildman–Crippen LogP) is 5.53. The van der Waals surface area contributed by atoms with E-state index >= 15 is 0 Å². The van der Waals surface area contributed by atoms with Crippen LogP contribution in [-0.4, -0.2) is 4.98 Å². The van der Waals surface area contributed by atoms with Gasteiger partial charge in [0.15, 0.2) is 5.58 Å². The van der Waals surface area contributed by atoms with Gasteiger partial charge in [-0.1, -0.05) is 0 Å². The summed E-state index contributed by atoms with van der Waals surface area (Å²) in [6.45, 7) is 0. The summed E-state index contributed by atoms with van der Waals surface area (Å²) in [6, 6.07) is 0. The topological polar surface area (TPSA) is 26.0 Å². The van der Waals surface area contributed by atoms with Crippen LogP contribution in [0.5, 0.6) is 0 Å². The number of benzene rings is 1. The first-order chi connectivity index (χ1) is 6.52. The van der Waals surface area contributed by atoms with Crippen LogP contribution in [0.1, 0.15) is 0 Å². The molecule has 0 radical (unpaired) electrons. The molecule has 0 amide bonds. The number of hydrogen-bond acceptors (Lipinski definition) is 2. The number of hydrogen-bond donors (Lipinski definition) is 0. The molecule has 1 aromatic carbocycles. The van der Waals surface area contributed by atoms with Crippen LogP contribution in [0.3, 0.4) is 0 Å². The zero-order valence-electron chi connectivity index (χ0n) is 6.25. The van der Waals surface area contributed by atoms with Crippen molar-refractivity contribution in [3.05, 3.63) is 23.2 Å². The van der Waals surface area contributed by atoms with E-state index < -0.39 is 0 Å². The van der Waals surface area contributed by atoms with Crippen molar-refractivity contribution in [2.75, 3.05) is 0 Å². The van der Waals surface area contributed by atoms with Gasteiger partial charge in [-0.2, -0.15) is 4.98 Å². The molecule has 0 spiro atoms. The summed E-state index contributed by atoms with van der Waals surface area (Å²) >= 11 is 19.3. The number of aromatic nitrogens is 1. The molecule has 2 aromatic rings. The van der Waals surface area contributed by atoms with Crippen LogP contribution in [0, 0.1) is 0 Å². The van der Waals surface area contributed by atoms with Crippen LogP contribution in [0.15, 0.2) is 22.3 Å². The third kappa shape index (κ3) is 1.69. The number of oxazole rings is 1. The first kappa shape index (κ1) is 11.4. The van der Waals surface area contributed by atoms with Crippen molar-refractivity contribution < 1.29 is 4.42 Å². The summed E-state index contributed by atoms with van der Waals surface area (Å²) in [7, 11) is 0. The first-order valence-corrected chi connectivity index (χ1v) is 6.85. The Kier molecular flexibility index (Phi) is 3.29. The Morgan fingerprint density at radius 2 is 1.50 bits per heavy atom. The van der Waals surface area contributed by atoms with E-state index in [-0.39, 0.29) is 5.35 Å². The second-order valence-electron chi connectivity index (χ2n) is 2.40. The minimum Gasteiger partial charge on any atom is -0.426 e. The Balaban J connectivity index is 3.01. The van der Waals surface area contributed by atoms with E-state index in [1.165, 1.54) is 0 Å². The normalized spacial score (nSPS) is 11.2. The van der Waals surface area contributed by atoms with Crippen molar-refractivity contribution in [1.29, 1.82) is 0 Å². The van der Waals surface area contributed by atoms with E-state index in [1.54, 1.807) is 0 Å². The Morgan fingerprint density at radius 1 is 0.929 bits per heavy atom. The Hall–Kier alpha value is 0.900. The lowest BCUT2D eigenvalue weighted by molar-refractivity contribution is 0.602. The minimum atomic E-state index is 0.117. The fourth-order valence-corrected chi connectivity index (χ4v) is 3.38. The van der Waals surface area contributed by atoms with Crippen LogP contribution in [0.25, 0.3) is 11.1 Å². The van der Waals surface area contributed by atoms with Gasteiger partial charge in [-0.3, -0.25) is 0 Å². The molecule has 1 aromatic heterocycles. The van der Waals surface area contributed by atoms with E-state index in [0.29, 0.717) is 11.1 Å². The number of nitrogens with zero attached hydrogens (tertiary/aromatic N) is 1. The number of halogens is 5. The summed E-state index contributed by atoms with van der Waals surface area (Å²) < 4.78 is 8.54.